The SMILES string of the molecule is Cn1cncc1CCNC1CCCc2nc(-c3ccc(Br)cc3)sc21. The van der Waals surface area contributed by atoms with E-state index in [0.717, 1.165) is 28.9 Å². The van der Waals surface area contributed by atoms with Crippen LogP contribution in [0.15, 0.2) is 41.3 Å². The third-order valence-electron chi connectivity index (χ3n) is 4.73. The number of thiazole rings is 1. The zero-order valence-electron chi connectivity index (χ0n) is 14.2. The fourth-order valence-electron chi connectivity index (χ4n) is 3.33. The molecule has 0 radical (unpaired) electrons. The van der Waals surface area contributed by atoms with E-state index in [-0.39, 0.29) is 0 Å². The van der Waals surface area contributed by atoms with Crippen molar-refractivity contribution in [2.75, 3.05) is 6.54 Å². The summed E-state index contributed by atoms with van der Waals surface area (Å²) in [5.41, 5.74) is 3.76. The Morgan fingerprint density at radius 3 is 2.92 bits per heavy atom. The van der Waals surface area contributed by atoms with E-state index in [1.165, 1.54) is 34.7 Å². The van der Waals surface area contributed by atoms with Crippen molar-refractivity contribution in [3.8, 4) is 10.6 Å². The molecule has 4 rings (SSSR count). The third kappa shape index (κ3) is 3.71. The van der Waals surface area contributed by atoms with Crippen LogP contribution in [0.4, 0.5) is 0 Å². The normalized spacial score (nSPS) is 16.8. The highest BCUT2D eigenvalue weighted by molar-refractivity contribution is 9.10. The highest BCUT2D eigenvalue weighted by atomic mass is 79.9. The van der Waals surface area contributed by atoms with Gasteiger partial charge in [-0.3, -0.25) is 0 Å². The van der Waals surface area contributed by atoms with Crippen molar-refractivity contribution in [1.82, 2.24) is 19.9 Å². The van der Waals surface area contributed by atoms with Gasteiger partial charge in [0.1, 0.15) is 5.01 Å². The molecule has 6 heteroatoms. The second kappa shape index (κ2) is 7.40. The Hall–Kier alpha value is -1.50. The molecule has 2 heterocycles. The van der Waals surface area contributed by atoms with Crippen molar-refractivity contribution >= 4 is 27.3 Å². The van der Waals surface area contributed by atoms with Crippen LogP contribution in [-0.2, 0) is 19.9 Å². The Morgan fingerprint density at radius 1 is 1.32 bits per heavy atom. The highest BCUT2D eigenvalue weighted by Gasteiger charge is 2.24. The van der Waals surface area contributed by atoms with Crippen LogP contribution in [-0.4, -0.2) is 21.1 Å². The fourth-order valence-corrected chi connectivity index (χ4v) is 4.82. The Kier molecular flexibility index (Phi) is 5.01. The number of benzene rings is 1. The summed E-state index contributed by atoms with van der Waals surface area (Å²) in [5, 5.41) is 4.88. The van der Waals surface area contributed by atoms with Crippen LogP contribution in [0, 0.1) is 0 Å². The van der Waals surface area contributed by atoms with Crippen molar-refractivity contribution in [3.63, 3.8) is 0 Å². The first-order chi connectivity index (χ1) is 12.2. The fraction of sp³-hybridized carbons (Fsp3) is 0.368. The van der Waals surface area contributed by atoms with E-state index in [2.05, 4.69) is 62.1 Å². The summed E-state index contributed by atoms with van der Waals surface area (Å²) in [5.74, 6) is 0. The molecule has 0 spiro atoms. The summed E-state index contributed by atoms with van der Waals surface area (Å²) in [6.45, 7) is 0.967. The van der Waals surface area contributed by atoms with Crippen molar-refractivity contribution in [2.45, 2.75) is 31.7 Å². The molecule has 0 bridgehead atoms. The maximum absolute atomic E-state index is 4.92. The number of rotatable bonds is 5. The van der Waals surface area contributed by atoms with Gasteiger partial charge in [0.25, 0.3) is 0 Å². The second-order valence-electron chi connectivity index (χ2n) is 6.48. The number of imidazole rings is 1. The summed E-state index contributed by atoms with van der Waals surface area (Å²) < 4.78 is 3.19. The standard InChI is InChI=1S/C19H21BrN4S/c1-24-12-21-11-15(24)9-10-22-16-3-2-4-17-18(16)25-19(23-17)13-5-7-14(20)8-6-13/h5-8,11-12,16,22H,2-4,9-10H2,1H3. The maximum atomic E-state index is 4.92. The van der Waals surface area contributed by atoms with Crippen LogP contribution in [0.3, 0.4) is 0 Å². The van der Waals surface area contributed by atoms with Gasteiger partial charge >= 0.3 is 0 Å². The molecule has 1 atom stereocenters. The minimum absolute atomic E-state index is 0.429. The number of nitrogens with one attached hydrogen (secondary N) is 1. The van der Waals surface area contributed by atoms with Crippen LogP contribution >= 0.6 is 27.3 Å². The zero-order valence-corrected chi connectivity index (χ0v) is 16.6. The van der Waals surface area contributed by atoms with Crippen LogP contribution < -0.4 is 5.32 Å². The number of fused-ring (bicyclic) bond motifs is 1. The minimum atomic E-state index is 0.429. The number of hydrogen-bond acceptors (Lipinski definition) is 4. The van der Waals surface area contributed by atoms with E-state index in [1.807, 2.05) is 23.9 Å². The molecule has 4 nitrogen and oxygen atoms in total. The lowest BCUT2D eigenvalue weighted by atomic mass is 9.98. The number of hydrogen-bond donors (Lipinski definition) is 1. The molecule has 1 aromatic carbocycles. The quantitative estimate of drug-likeness (QED) is 0.664. The molecule has 1 aliphatic carbocycles. The minimum Gasteiger partial charge on any atom is -0.338 e. The van der Waals surface area contributed by atoms with Gasteiger partial charge < -0.3 is 9.88 Å². The summed E-state index contributed by atoms with van der Waals surface area (Å²) in [6, 6.07) is 8.87. The van der Waals surface area contributed by atoms with Gasteiger partial charge in [-0.05, 0) is 31.4 Å². The number of aromatic nitrogens is 3. The average molecular weight is 417 g/mol. The second-order valence-corrected chi connectivity index (χ2v) is 8.43. The topological polar surface area (TPSA) is 42.7 Å². The van der Waals surface area contributed by atoms with Gasteiger partial charge in [-0.25, -0.2) is 9.97 Å². The molecule has 130 valence electrons. The summed E-state index contributed by atoms with van der Waals surface area (Å²) in [7, 11) is 2.05. The van der Waals surface area contributed by atoms with E-state index in [9.17, 15) is 0 Å². The molecule has 1 aliphatic rings. The number of halogens is 1. The first kappa shape index (κ1) is 16.9. The van der Waals surface area contributed by atoms with E-state index in [1.54, 1.807) is 0 Å². The van der Waals surface area contributed by atoms with Gasteiger partial charge in [0, 0.05) is 52.9 Å². The molecule has 0 fully saturated rings. The Labute approximate surface area is 160 Å². The van der Waals surface area contributed by atoms with Crippen molar-refractivity contribution in [2.24, 2.45) is 7.05 Å². The third-order valence-corrected chi connectivity index (χ3v) is 6.52. The highest BCUT2D eigenvalue weighted by Crippen LogP contribution is 2.38. The molecule has 2 aromatic heterocycles. The van der Waals surface area contributed by atoms with Crippen molar-refractivity contribution < 1.29 is 0 Å². The molecular formula is C19H21BrN4S. The van der Waals surface area contributed by atoms with Crippen molar-refractivity contribution in [3.05, 3.63) is 57.5 Å². The smallest absolute Gasteiger partial charge is 0.123 e. The molecule has 0 saturated carbocycles. The van der Waals surface area contributed by atoms with Crippen LogP contribution in [0.1, 0.15) is 35.1 Å². The lowest BCUT2D eigenvalue weighted by Crippen LogP contribution is -2.26. The van der Waals surface area contributed by atoms with E-state index in [0.29, 0.717) is 6.04 Å². The predicted octanol–water partition coefficient (Wildman–Crippen LogP) is 4.52. The predicted molar refractivity (Wildman–Crippen MR) is 106 cm³/mol. The molecule has 3 aromatic rings. The van der Waals surface area contributed by atoms with Crippen LogP contribution in [0.25, 0.3) is 10.6 Å². The maximum Gasteiger partial charge on any atom is 0.123 e. The van der Waals surface area contributed by atoms with Gasteiger partial charge in [0.15, 0.2) is 0 Å². The Bertz CT molecular complexity index is 853. The van der Waals surface area contributed by atoms with Gasteiger partial charge in [0.05, 0.1) is 12.0 Å². The lowest BCUT2D eigenvalue weighted by molar-refractivity contribution is 0.465. The molecule has 1 unspecified atom stereocenters. The van der Waals surface area contributed by atoms with Gasteiger partial charge in [0.2, 0.25) is 0 Å². The molecule has 0 amide bonds. The molecule has 25 heavy (non-hydrogen) atoms. The molecule has 0 aliphatic heterocycles. The van der Waals surface area contributed by atoms with E-state index < -0.39 is 0 Å². The Balaban J connectivity index is 1.47. The lowest BCUT2D eigenvalue weighted by Gasteiger charge is -2.22. The summed E-state index contributed by atoms with van der Waals surface area (Å²) in [4.78, 5) is 10.5. The average Bonchev–Trinajstić information content (AvgIpc) is 3.22. The Morgan fingerprint density at radius 2 is 2.16 bits per heavy atom. The van der Waals surface area contributed by atoms with Crippen molar-refractivity contribution in [1.29, 1.82) is 0 Å². The first-order valence-corrected chi connectivity index (χ1v) is 10.3. The van der Waals surface area contributed by atoms with Crippen LogP contribution in [0.5, 0.6) is 0 Å². The first-order valence-electron chi connectivity index (χ1n) is 8.65. The van der Waals surface area contributed by atoms with E-state index in [4.69, 9.17) is 4.98 Å². The summed E-state index contributed by atoms with van der Waals surface area (Å²) >= 11 is 5.35. The largest absolute Gasteiger partial charge is 0.338 e. The number of nitrogens with zero attached hydrogens (tertiary/aromatic N) is 3. The molecule has 0 saturated heterocycles. The number of aryl methyl sites for hydroxylation is 2. The molecular weight excluding hydrogens is 396 g/mol. The monoisotopic (exact) mass is 416 g/mol. The molecule has 1 N–H and O–H groups in total. The van der Waals surface area contributed by atoms with E-state index >= 15 is 0 Å². The van der Waals surface area contributed by atoms with Gasteiger partial charge in [-0.1, -0.05) is 28.1 Å². The zero-order chi connectivity index (χ0) is 17.2. The van der Waals surface area contributed by atoms with Gasteiger partial charge in [-0.2, -0.15) is 0 Å². The van der Waals surface area contributed by atoms with Crippen LogP contribution in [0.2, 0.25) is 0 Å². The van der Waals surface area contributed by atoms with Gasteiger partial charge in [-0.15, -0.1) is 11.3 Å². The summed E-state index contributed by atoms with van der Waals surface area (Å²) in [6.07, 6.45) is 8.32.